The minimum atomic E-state index is 0.666. The van der Waals surface area contributed by atoms with E-state index in [2.05, 4.69) is 23.4 Å². The number of rotatable bonds is 2. The molecule has 0 bridgehead atoms. The summed E-state index contributed by atoms with van der Waals surface area (Å²) in [5.41, 5.74) is 1.01. The van der Waals surface area contributed by atoms with Gasteiger partial charge in [-0.3, -0.25) is 0 Å². The van der Waals surface area contributed by atoms with Gasteiger partial charge in [-0.2, -0.15) is 0 Å². The third kappa shape index (κ3) is 1.55. The normalized spacial score (nSPS) is 10.4. The summed E-state index contributed by atoms with van der Waals surface area (Å²) < 4.78 is 5.10. The lowest BCUT2D eigenvalue weighted by molar-refractivity contribution is 0.399. The van der Waals surface area contributed by atoms with Crippen molar-refractivity contribution in [1.29, 1.82) is 0 Å². The molecule has 0 unspecified atom stereocenters. The van der Waals surface area contributed by atoms with Gasteiger partial charge in [0, 0.05) is 16.3 Å². The van der Waals surface area contributed by atoms with E-state index in [-0.39, 0.29) is 0 Å². The van der Waals surface area contributed by atoms with E-state index in [1.165, 1.54) is 4.90 Å². The zero-order valence-electron chi connectivity index (χ0n) is 8.15. The van der Waals surface area contributed by atoms with Crippen molar-refractivity contribution in [3.05, 3.63) is 30.3 Å². The third-order valence-corrected chi connectivity index (χ3v) is 2.86. The first-order valence-corrected chi connectivity index (χ1v) is 5.55. The number of hydrogen-bond donors (Lipinski definition) is 0. The van der Waals surface area contributed by atoms with Crippen molar-refractivity contribution in [2.24, 2.45) is 0 Å². The third-order valence-electron chi connectivity index (χ3n) is 2.09. The first-order chi connectivity index (χ1) is 6.85. The van der Waals surface area contributed by atoms with Crippen LogP contribution in [0, 0.1) is 0 Å². The van der Waals surface area contributed by atoms with Crippen LogP contribution in [0.15, 0.2) is 35.2 Å². The van der Waals surface area contributed by atoms with Crippen LogP contribution in [0.1, 0.15) is 0 Å². The van der Waals surface area contributed by atoms with Gasteiger partial charge >= 0.3 is 0 Å². The fourth-order valence-corrected chi connectivity index (χ4v) is 1.95. The second-order valence-electron chi connectivity index (χ2n) is 2.89. The highest BCUT2D eigenvalue weighted by atomic mass is 32.2. The Kier molecular flexibility index (Phi) is 2.59. The number of para-hydroxylation sites is 1. The van der Waals surface area contributed by atoms with Crippen molar-refractivity contribution < 1.29 is 4.74 Å². The molecule has 1 aromatic carbocycles. The molecule has 0 aliphatic rings. The second-order valence-corrected chi connectivity index (χ2v) is 3.73. The summed E-state index contributed by atoms with van der Waals surface area (Å²) >= 11 is 1.70. The molecule has 72 valence electrons. The van der Waals surface area contributed by atoms with Gasteiger partial charge in [0.2, 0.25) is 5.88 Å². The number of pyridine rings is 1. The van der Waals surface area contributed by atoms with Gasteiger partial charge in [0.05, 0.1) is 12.6 Å². The van der Waals surface area contributed by atoms with E-state index >= 15 is 0 Å². The molecular formula is C11H11NOS. The summed E-state index contributed by atoms with van der Waals surface area (Å²) in [4.78, 5) is 5.60. The lowest BCUT2D eigenvalue weighted by atomic mass is 10.2. The van der Waals surface area contributed by atoms with E-state index in [0.717, 1.165) is 10.9 Å². The van der Waals surface area contributed by atoms with Gasteiger partial charge in [-0.15, -0.1) is 11.8 Å². The molecule has 0 amide bonds. The molecule has 0 aliphatic heterocycles. The summed E-state index contributed by atoms with van der Waals surface area (Å²) in [5.74, 6) is 0.666. The van der Waals surface area contributed by atoms with Crippen LogP contribution in [0.4, 0.5) is 0 Å². The standard InChI is InChI=1S/C11H11NOS/c1-13-10-7-6-8-4-3-5-9(14-2)11(8)12-10/h3-7H,1-2H3. The largest absolute Gasteiger partial charge is 0.481 e. The van der Waals surface area contributed by atoms with Gasteiger partial charge in [0.25, 0.3) is 0 Å². The van der Waals surface area contributed by atoms with Crippen molar-refractivity contribution in [2.75, 3.05) is 13.4 Å². The molecule has 1 heterocycles. The van der Waals surface area contributed by atoms with E-state index in [9.17, 15) is 0 Å². The minimum Gasteiger partial charge on any atom is -0.481 e. The monoisotopic (exact) mass is 205 g/mol. The summed E-state index contributed by atoms with van der Waals surface area (Å²) in [6, 6.07) is 10.1. The highest BCUT2D eigenvalue weighted by Gasteiger charge is 2.02. The van der Waals surface area contributed by atoms with Crippen LogP contribution in [-0.2, 0) is 0 Å². The zero-order valence-corrected chi connectivity index (χ0v) is 8.97. The predicted octanol–water partition coefficient (Wildman–Crippen LogP) is 2.97. The number of benzene rings is 1. The first kappa shape index (κ1) is 9.34. The van der Waals surface area contributed by atoms with Gasteiger partial charge in [0.15, 0.2) is 0 Å². The Morgan fingerprint density at radius 2 is 2.07 bits per heavy atom. The molecular weight excluding hydrogens is 194 g/mol. The number of ether oxygens (including phenoxy) is 1. The molecule has 0 saturated heterocycles. The molecule has 0 atom stereocenters. The average molecular weight is 205 g/mol. The Morgan fingerprint density at radius 1 is 1.21 bits per heavy atom. The van der Waals surface area contributed by atoms with Crippen LogP contribution >= 0.6 is 11.8 Å². The van der Waals surface area contributed by atoms with Crippen LogP contribution < -0.4 is 4.74 Å². The fourth-order valence-electron chi connectivity index (χ4n) is 1.38. The van der Waals surface area contributed by atoms with Crippen LogP contribution in [-0.4, -0.2) is 18.3 Å². The maximum atomic E-state index is 5.10. The molecule has 0 fully saturated rings. The molecule has 0 aliphatic carbocycles. The van der Waals surface area contributed by atoms with Crippen LogP contribution in [0.25, 0.3) is 10.9 Å². The van der Waals surface area contributed by atoms with Crippen molar-refractivity contribution in [1.82, 2.24) is 4.98 Å². The van der Waals surface area contributed by atoms with Crippen molar-refractivity contribution in [3.8, 4) is 5.88 Å². The van der Waals surface area contributed by atoms with Crippen LogP contribution in [0.5, 0.6) is 5.88 Å². The summed E-state index contributed by atoms with van der Waals surface area (Å²) in [6.07, 6.45) is 2.05. The molecule has 14 heavy (non-hydrogen) atoms. The lowest BCUT2D eigenvalue weighted by Crippen LogP contribution is -1.88. The van der Waals surface area contributed by atoms with Gasteiger partial charge < -0.3 is 4.74 Å². The number of nitrogens with zero attached hydrogens (tertiary/aromatic N) is 1. The summed E-state index contributed by atoms with van der Waals surface area (Å²) in [5, 5.41) is 1.15. The highest BCUT2D eigenvalue weighted by molar-refractivity contribution is 7.98. The topological polar surface area (TPSA) is 22.1 Å². The fraction of sp³-hybridized carbons (Fsp3) is 0.182. The van der Waals surface area contributed by atoms with Gasteiger partial charge in [0.1, 0.15) is 0 Å². The van der Waals surface area contributed by atoms with E-state index in [1.54, 1.807) is 18.9 Å². The van der Waals surface area contributed by atoms with Crippen LogP contribution in [0.3, 0.4) is 0 Å². The molecule has 1 aromatic heterocycles. The van der Waals surface area contributed by atoms with Crippen molar-refractivity contribution in [2.45, 2.75) is 4.90 Å². The predicted molar refractivity (Wildman–Crippen MR) is 60.1 cm³/mol. The SMILES string of the molecule is COc1ccc2cccc(SC)c2n1. The smallest absolute Gasteiger partial charge is 0.213 e. The number of fused-ring (bicyclic) bond motifs is 1. The second kappa shape index (κ2) is 3.88. The quantitative estimate of drug-likeness (QED) is 0.704. The molecule has 0 spiro atoms. The maximum absolute atomic E-state index is 5.10. The van der Waals surface area contributed by atoms with Crippen molar-refractivity contribution in [3.63, 3.8) is 0 Å². The van der Waals surface area contributed by atoms with E-state index in [0.29, 0.717) is 5.88 Å². The molecule has 2 nitrogen and oxygen atoms in total. The maximum Gasteiger partial charge on any atom is 0.213 e. The zero-order chi connectivity index (χ0) is 9.97. The molecule has 2 aromatic rings. The van der Waals surface area contributed by atoms with E-state index in [1.807, 2.05) is 18.2 Å². The number of hydrogen-bond acceptors (Lipinski definition) is 3. The average Bonchev–Trinajstić information content (AvgIpc) is 2.27. The van der Waals surface area contributed by atoms with E-state index in [4.69, 9.17) is 4.74 Å². The lowest BCUT2D eigenvalue weighted by Gasteiger charge is -2.04. The molecule has 3 heteroatoms. The van der Waals surface area contributed by atoms with Crippen molar-refractivity contribution >= 4 is 22.7 Å². The number of thioether (sulfide) groups is 1. The van der Waals surface area contributed by atoms with Gasteiger partial charge in [-0.1, -0.05) is 12.1 Å². The summed E-state index contributed by atoms with van der Waals surface area (Å²) in [7, 11) is 1.63. The van der Waals surface area contributed by atoms with E-state index < -0.39 is 0 Å². The first-order valence-electron chi connectivity index (χ1n) is 4.33. The van der Waals surface area contributed by atoms with Crippen LogP contribution in [0.2, 0.25) is 0 Å². The minimum absolute atomic E-state index is 0.666. The Labute approximate surface area is 87.3 Å². The van der Waals surface area contributed by atoms with Gasteiger partial charge in [-0.05, 0) is 18.4 Å². The molecule has 0 saturated carbocycles. The Hall–Kier alpha value is -1.22. The molecule has 0 radical (unpaired) electrons. The number of aromatic nitrogens is 1. The highest BCUT2D eigenvalue weighted by Crippen LogP contribution is 2.26. The Balaban J connectivity index is 2.70. The summed E-state index contributed by atoms with van der Waals surface area (Å²) in [6.45, 7) is 0. The Bertz CT molecular complexity index is 456. The number of methoxy groups -OCH3 is 1. The van der Waals surface area contributed by atoms with Gasteiger partial charge in [-0.25, -0.2) is 4.98 Å². The molecule has 0 N–H and O–H groups in total. The Morgan fingerprint density at radius 3 is 2.79 bits per heavy atom. The molecule has 2 rings (SSSR count).